The molecule has 1 heterocycles. The Kier molecular flexibility index (Phi) is 5.46. The third-order valence-corrected chi connectivity index (χ3v) is 2.94. The van der Waals surface area contributed by atoms with E-state index in [1.165, 1.54) is 0 Å². The molecule has 0 aliphatic rings. The van der Waals surface area contributed by atoms with Gasteiger partial charge in [-0.1, -0.05) is 29.8 Å². The molecule has 0 radical (unpaired) electrons. The number of carbonyl (C=O) groups is 1. The largest absolute Gasteiger partial charge is 0.349 e. The number of hydrogen-bond donors (Lipinski definition) is 1. The first kappa shape index (κ1) is 13.2. The number of halogens is 1. The molecule has 1 unspecified atom stereocenters. The van der Waals surface area contributed by atoms with Crippen LogP contribution in [-0.2, 0) is 0 Å². The minimum absolute atomic E-state index is 0.0259. The number of hydrogen-bond acceptors (Lipinski definition) is 2. The first-order valence-electron chi connectivity index (χ1n) is 5.42. The van der Waals surface area contributed by atoms with Crippen molar-refractivity contribution in [1.29, 1.82) is 0 Å². The summed E-state index contributed by atoms with van der Waals surface area (Å²) in [6, 6.07) is 3.65. The van der Waals surface area contributed by atoms with Crippen LogP contribution in [0.5, 0.6) is 0 Å². The second-order valence-electron chi connectivity index (χ2n) is 4.04. The van der Waals surface area contributed by atoms with Crippen LogP contribution in [0, 0.1) is 5.92 Å². The van der Waals surface area contributed by atoms with E-state index >= 15 is 0 Å². The molecule has 16 heavy (non-hydrogen) atoms. The molecular formula is C12H17BrN2O. The number of aromatic nitrogens is 1. The van der Waals surface area contributed by atoms with E-state index in [4.69, 9.17) is 0 Å². The maximum absolute atomic E-state index is 11.9. The van der Waals surface area contributed by atoms with Crippen LogP contribution in [0.2, 0.25) is 0 Å². The molecule has 0 saturated heterocycles. The first-order valence-corrected chi connectivity index (χ1v) is 6.54. The summed E-state index contributed by atoms with van der Waals surface area (Å²) < 4.78 is 0. The Bertz CT molecular complexity index is 327. The lowest BCUT2D eigenvalue weighted by molar-refractivity contribution is 0.0925. The molecule has 0 aliphatic carbocycles. The standard InChI is InChI=1S/C12H17BrN2O/c1-9(2)11(3-6-13)15-12(16)10-4-7-14-8-5-10/h4-5,7-9,11H,3,6H2,1-2H3,(H,15,16). The fraction of sp³-hybridized carbons (Fsp3) is 0.500. The van der Waals surface area contributed by atoms with Crippen molar-refractivity contribution in [1.82, 2.24) is 10.3 Å². The molecule has 1 N–H and O–H groups in total. The second-order valence-corrected chi connectivity index (χ2v) is 4.83. The molecule has 0 spiro atoms. The van der Waals surface area contributed by atoms with Crippen molar-refractivity contribution in [2.45, 2.75) is 26.3 Å². The van der Waals surface area contributed by atoms with Gasteiger partial charge in [0.2, 0.25) is 0 Å². The summed E-state index contributed by atoms with van der Waals surface area (Å²) in [7, 11) is 0. The van der Waals surface area contributed by atoms with Crippen LogP contribution in [0.4, 0.5) is 0 Å². The molecule has 1 aromatic rings. The Morgan fingerprint density at radius 2 is 2.06 bits per heavy atom. The highest BCUT2D eigenvalue weighted by atomic mass is 79.9. The van der Waals surface area contributed by atoms with Crippen molar-refractivity contribution in [3.05, 3.63) is 30.1 Å². The maximum atomic E-state index is 11.9. The van der Waals surface area contributed by atoms with E-state index < -0.39 is 0 Å². The molecule has 0 saturated carbocycles. The number of nitrogens with zero attached hydrogens (tertiary/aromatic N) is 1. The zero-order valence-electron chi connectivity index (χ0n) is 9.61. The van der Waals surface area contributed by atoms with Crippen molar-refractivity contribution >= 4 is 21.8 Å². The lowest BCUT2D eigenvalue weighted by Gasteiger charge is -2.21. The summed E-state index contributed by atoms with van der Waals surface area (Å²) in [5.41, 5.74) is 0.662. The zero-order valence-corrected chi connectivity index (χ0v) is 11.2. The normalized spacial score (nSPS) is 12.5. The summed E-state index contributed by atoms with van der Waals surface area (Å²) in [4.78, 5) is 15.8. The van der Waals surface area contributed by atoms with E-state index in [2.05, 4.69) is 40.1 Å². The molecule has 3 nitrogen and oxygen atoms in total. The highest BCUT2D eigenvalue weighted by Gasteiger charge is 2.16. The van der Waals surface area contributed by atoms with Crippen LogP contribution >= 0.6 is 15.9 Å². The number of alkyl halides is 1. The van der Waals surface area contributed by atoms with Gasteiger partial charge in [-0.25, -0.2) is 0 Å². The quantitative estimate of drug-likeness (QED) is 0.845. The molecule has 1 rings (SSSR count). The van der Waals surface area contributed by atoms with Crippen molar-refractivity contribution in [3.8, 4) is 0 Å². The van der Waals surface area contributed by atoms with Gasteiger partial charge in [0, 0.05) is 29.3 Å². The number of amides is 1. The number of carbonyl (C=O) groups excluding carboxylic acids is 1. The van der Waals surface area contributed by atoms with Crippen LogP contribution < -0.4 is 5.32 Å². The lowest BCUT2D eigenvalue weighted by Crippen LogP contribution is -2.38. The van der Waals surface area contributed by atoms with E-state index in [9.17, 15) is 4.79 Å². The molecular weight excluding hydrogens is 268 g/mol. The molecule has 88 valence electrons. The van der Waals surface area contributed by atoms with Gasteiger partial charge in [-0.05, 0) is 24.5 Å². The topological polar surface area (TPSA) is 42.0 Å². The first-order chi connectivity index (χ1) is 7.65. The Morgan fingerprint density at radius 1 is 1.44 bits per heavy atom. The van der Waals surface area contributed by atoms with Crippen molar-refractivity contribution in [2.75, 3.05) is 5.33 Å². The molecule has 0 aromatic carbocycles. The van der Waals surface area contributed by atoms with E-state index in [0.29, 0.717) is 11.5 Å². The molecule has 1 amide bonds. The van der Waals surface area contributed by atoms with E-state index in [0.717, 1.165) is 11.8 Å². The Labute approximate surface area is 105 Å². The van der Waals surface area contributed by atoms with Gasteiger partial charge in [-0.2, -0.15) is 0 Å². The number of rotatable bonds is 5. The van der Waals surface area contributed by atoms with Crippen molar-refractivity contribution in [3.63, 3.8) is 0 Å². The van der Waals surface area contributed by atoms with Crippen molar-refractivity contribution in [2.24, 2.45) is 5.92 Å². The van der Waals surface area contributed by atoms with Gasteiger partial charge in [0.05, 0.1) is 0 Å². The van der Waals surface area contributed by atoms with Gasteiger partial charge in [-0.15, -0.1) is 0 Å². The van der Waals surface area contributed by atoms with E-state index in [-0.39, 0.29) is 11.9 Å². The van der Waals surface area contributed by atoms with Gasteiger partial charge < -0.3 is 5.32 Å². The third kappa shape index (κ3) is 3.93. The predicted molar refractivity (Wildman–Crippen MR) is 68.7 cm³/mol. The minimum atomic E-state index is -0.0259. The van der Waals surface area contributed by atoms with Gasteiger partial charge in [-0.3, -0.25) is 9.78 Å². The molecule has 0 fully saturated rings. The van der Waals surface area contributed by atoms with Crippen LogP contribution in [0.25, 0.3) is 0 Å². The number of nitrogens with one attached hydrogen (secondary N) is 1. The van der Waals surface area contributed by atoms with E-state index in [1.54, 1.807) is 24.5 Å². The number of pyridine rings is 1. The molecule has 1 aromatic heterocycles. The lowest BCUT2D eigenvalue weighted by atomic mass is 10.0. The minimum Gasteiger partial charge on any atom is -0.349 e. The van der Waals surface area contributed by atoms with E-state index in [1.807, 2.05) is 0 Å². The average Bonchev–Trinajstić information content (AvgIpc) is 2.29. The summed E-state index contributed by atoms with van der Waals surface area (Å²) in [6.45, 7) is 4.22. The zero-order chi connectivity index (χ0) is 12.0. The summed E-state index contributed by atoms with van der Waals surface area (Å²) in [6.07, 6.45) is 4.20. The molecule has 0 bridgehead atoms. The third-order valence-electron chi connectivity index (χ3n) is 2.48. The highest BCUT2D eigenvalue weighted by molar-refractivity contribution is 9.09. The van der Waals surface area contributed by atoms with Crippen molar-refractivity contribution < 1.29 is 4.79 Å². The average molecular weight is 285 g/mol. The monoisotopic (exact) mass is 284 g/mol. The summed E-state index contributed by atoms with van der Waals surface area (Å²) in [5.74, 6) is 0.408. The van der Waals surface area contributed by atoms with Gasteiger partial charge in [0.25, 0.3) is 5.91 Å². The highest BCUT2D eigenvalue weighted by Crippen LogP contribution is 2.09. The smallest absolute Gasteiger partial charge is 0.251 e. The summed E-state index contributed by atoms with van der Waals surface area (Å²) >= 11 is 3.40. The Balaban J connectivity index is 2.62. The Hall–Kier alpha value is -0.900. The second kappa shape index (κ2) is 6.63. The van der Waals surface area contributed by atoms with Crippen LogP contribution in [0.15, 0.2) is 24.5 Å². The summed E-state index contributed by atoms with van der Waals surface area (Å²) in [5, 5.41) is 3.93. The predicted octanol–water partition coefficient (Wildman–Crippen LogP) is 2.62. The maximum Gasteiger partial charge on any atom is 0.251 e. The van der Waals surface area contributed by atoms with Crippen LogP contribution in [0.1, 0.15) is 30.6 Å². The van der Waals surface area contributed by atoms with Crippen LogP contribution in [0.3, 0.4) is 0 Å². The Morgan fingerprint density at radius 3 is 2.56 bits per heavy atom. The van der Waals surface area contributed by atoms with Crippen LogP contribution in [-0.4, -0.2) is 22.3 Å². The van der Waals surface area contributed by atoms with Gasteiger partial charge >= 0.3 is 0 Å². The fourth-order valence-corrected chi connectivity index (χ4v) is 1.94. The molecule has 1 atom stereocenters. The fourth-order valence-electron chi connectivity index (χ4n) is 1.44. The molecule has 0 aliphatic heterocycles. The van der Waals surface area contributed by atoms with Gasteiger partial charge in [0.15, 0.2) is 0 Å². The van der Waals surface area contributed by atoms with Gasteiger partial charge in [0.1, 0.15) is 0 Å². The molecule has 4 heteroatoms. The SMILES string of the molecule is CC(C)C(CCBr)NC(=O)c1ccncc1.